The zero-order valence-electron chi connectivity index (χ0n) is 15.0. The van der Waals surface area contributed by atoms with E-state index in [0.717, 1.165) is 18.5 Å². The van der Waals surface area contributed by atoms with Crippen molar-refractivity contribution in [1.82, 2.24) is 10.1 Å². The molecule has 3 atom stereocenters. The third kappa shape index (κ3) is 3.20. The molecule has 2 fully saturated rings. The monoisotopic (exact) mass is 358 g/mol. The number of fused-ring (bicyclic) bond motifs is 1. The van der Waals surface area contributed by atoms with Crippen molar-refractivity contribution in [1.29, 1.82) is 0 Å². The molecule has 1 aliphatic heterocycles. The number of aromatic nitrogens is 1. The lowest BCUT2D eigenvalue weighted by Gasteiger charge is -2.21. The molecule has 1 saturated carbocycles. The van der Waals surface area contributed by atoms with E-state index in [1.165, 1.54) is 12.1 Å². The van der Waals surface area contributed by atoms with Crippen LogP contribution in [0.3, 0.4) is 0 Å². The number of hydrogen-bond acceptors (Lipinski definition) is 4. The largest absolute Gasteiger partial charge is 0.490 e. The normalized spacial score (nSPS) is 24.9. The summed E-state index contributed by atoms with van der Waals surface area (Å²) in [6, 6.07) is 7.98. The molecule has 1 saturated heterocycles. The van der Waals surface area contributed by atoms with E-state index in [4.69, 9.17) is 9.26 Å². The van der Waals surface area contributed by atoms with Crippen molar-refractivity contribution in [3.63, 3.8) is 0 Å². The molecule has 6 heteroatoms. The van der Waals surface area contributed by atoms with Crippen LogP contribution in [0, 0.1) is 17.7 Å². The maximum absolute atomic E-state index is 13.4. The smallest absolute Gasteiger partial charge is 0.292 e. The van der Waals surface area contributed by atoms with E-state index >= 15 is 0 Å². The lowest BCUT2D eigenvalue weighted by Crippen LogP contribution is -2.32. The van der Waals surface area contributed by atoms with E-state index in [0.29, 0.717) is 30.5 Å². The minimum atomic E-state index is -0.299. The fourth-order valence-electron chi connectivity index (χ4n) is 4.06. The molecular weight excluding hydrogens is 335 g/mol. The van der Waals surface area contributed by atoms with Gasteiger partial charge in [-0.25, -0.2) is 4.39 Å². The molecule has 1 aromatic heterocycles. The van der Waals surface area contributed by atoms with E-state index in [2.05, 4.69) is 5.16 Å². The second-order valence-corrected chi connectivity index (χ2v) is 7.60. The number of carbonyl (C=O) groups is 1. The van der Waals surface area contributed by atoms with Crippen LogP contribution >= 0.6 is 0 Å². The first-order chi connectivity index (χ1) is 12.5. The Morgan fingerprint density at radius 1 is 1.31 bits per heavy atom. The summed E-state index contributed by atoms with van der Waals surface area (Å²) >= 11 is 0. The van der Waals surface area contributed by atoms with Crippen LogP contribution in [-0.4, -0.2) is 35.2 Å². The molecule has 0 spiro atoms. The molecule has 138 valence electrons. The van der Waals surface area contributed by atoms with Crippen LogP contribution in [0.1, 0.15) is 48.9 Å². The first kappa shape index (κ1) is 17.1. The van der Waals surface area contributed by atoms with E-state index in [1.807, 2.05) is 18.7 Å². The summed E-state index contributed by atoms with van der Waals surface area (Å²) < 4.78 is 24.6. The molecule has 1 aliphatic carbocycles. The highest BCUT2D eigenvalue weighted by molar-refractivity contribution is 5.91. The summed E-state index contributed by atoms with van der Waals surface area (Å²) in [5.41, 5.74) is 0.792. The van der Waals surface area contributed by atoms with Gasteiger partial charge in [-0.2, -0.15) is 0 Å². The number of amides is 1. The molecule has 0 radical (unpaired) electrons. The summed E-state index contributed by atoms with van der Waals surface area (Å²) in [6.07, 6.45) is 1.97. The van der Waals surface area contributed by atoms with Crippen LogP contribution < -0.4 is 4.74 Å². The molecule has 26 heavy (non-hydrogen) atoms. The first-order valence-corrected chi connectivity index (χ1v) is 9.19. The number of hydrogen-bond donors (Lipinski definition) is 0. The number of nitrogens with zero attached hydrogens (tertiary/aromatic N) is 2. The quantitative estimate of drug-likeness (QED) is 0.833. The number of rotatable bonds is 4. The zero-order chi connectivity index (χ0) is 18.3. The Labute approximate surface area is 152 Å². The molecule has 2 heterocycles. The van der Waals surface area contributed by atoms with Gasteiger partial charge in [-0.05, 0) is 36.8 Å². The van der Waals surface area contributed by atoms with Crippen molar-refractivity contribution in [2.75, 3.05) is 13.1 Å². The predicted octanol–water partition coefficient (Wildman–Crippen LogP) is 3.87. The van der Waals surface area contributed by atoms with Crippen LogP contribution in [0.4, 0.5) is 4.39 Å². The highest BCUT2D eigenvalue weighted by Gasteiger charge is 2.45. The number of halogens is 1. The molecule has 4 rings (SSSR count). The molecule has 0 unspecified atom stereocenters. The lowest BCUT2D eigenvalue weighted by molar-refractivity contribution is 0.0721. The topological polar surface area (TPSA) is 55.6 Å². The second kappa shape index (κ2) is 6.74. The highest BCUT2D eigenvalue weighted by Crippen LogP contribution is 2.40. The summed E-state index contributed by atoms with van der Waals surface area (Å²) in [7, 11) is 0. The Bertz CT molecular complexity index is 804. The van der Waals surface area contributed by atoms with Gasteiger partial charge in [0.1, 0.15) is 17.7 Å². The number of benzene rings is 1. The Balaban J connectivity index is 1.43. The van der Waals surface area contributed by atoms with E-state index in [9.17, 15) is 9.18 Å². The SMILES string of the molecule is CC(C)c1cc(C(=O)N2C[C@@H]3CC[C@H](Oc4cccc(F)c4)[C@@H]3C2)on1. The summed E-state index contributed by atoms with van der Waals surface area (Å²) in [6.45, 7) is 5.38. The van der Waals surface area contributed by atoms with Gasteiger partial charge in [-0.15, -0.1) is 0 Å². The van der Waals surface area contributed by atoms with Gasteiger partial charge in [-0.3, -0.25) is 4.79 Å². The zero-order valence-corrected chi connectivity index (χ0v) is 15.0. The summed E-state index contributed by atoms with van der Waals surface area (Å²) in [4.78, 5) is 14.6. The van der Waals surface area contributed by atoms with Crippen molar-refractivity contribution in [3.8, 4) is 5.75 Å². The maximum Gasteiger partial charge on any atom is 0.292 e. The van der Waals surface area contributed by atoms with Crippen molar-refractivity contribution in [2.24, 2.45) is 11.8 Å². The minimum Gasteiger partial charge on any atom is -0.490 e. The Hall–Kier alpha value is -2.37. The number of likely N-dealkylation sites (tertiary alicyclic amines) is 1. The second-order valence-electron chi connectivity index (χ2n) is 7.60. The van der Waals surface area contributed by atoms with Crippen molar-refractivity contribution in [2.45, 2.75) is 38.7 Å². The molecule has 0 N–H and O–H groups in total. The van der Waals surface area contributed by atoms with Gasteiger partial charge in [-0.1, -0.05) is 25.1 Å². The number of ether oxygens (including phenoxy) is 1. The highest BCUT2D eigenvalue weighted by atomic mass is 19.1. The fraction of sp³-hybridized carbons (Fsp3) is 0.500. The molecule has 1 amide bonds. The first-order valence-electron chi connectivity index (χ1n) is 9.19. The minimum absolute atomic E-state index is 0.0144. The third-order valence-electron chi connectivity index (χ3n) is 5.49. The van der Waals surface area contributed by atoms with Crippen molar-refractivity contribution in [3.05, 3.63) is 47.6 Å². The van der Waals surface area contributed by atoms with E-state index < -0.39 is 0 Å². The Kier molecular flexibility index (Phi) is 4.42. The molecule has 2 aromatic rings. The van der Waals surface area contributed by atoms with Gasteiger partial charge >= 0.3 is 0 Å². The third-order valence-corrected chi connectivity index (χ3v) is 5.49. The van der Waals surface area contributed by atoms with Crippen molar-refractivity contribution >= 4 is 5.91 Å². The average Bonchev–Trinajstić information content (AvgIpc) is 3.31. The molecule has 1 aromatic carbocycles. The van der Waals surface area contributed by atoms with Crippen LogP contribution in [-0.2, 0) is 0 Å². The van der Waals surface area contributed by atoms with Gasteiger partial charge < -0.3 is 14.2 Å². The lowest BCUT2D eigenvalue weighted by atomic mass is 9.99. The molecule has 5 nitrogen and oxygen atoms in total. The standard InChI is InChI=1S/C20H23FN2O3/c1-12(2)17-9-19(26-22-17)20(24)23-10-13-6-7-18(16(13)11-23)25-15-5-3-4-14(21)8-15/h3-5,8-9,12-13,16,18H,6-7,10-11H2,1-2H3/t13-,16+,18-/m0/s1. The summed E-state index contributed by atoms with van der Waals surface area (Å²) in [5, 5.41) is 3.98. The van der Waals surface area contributed by atoms with Gasteiger partial charge in [0.05, 0.1) is 5.69 Å². The molecular formula is C20H23FN2O3. The molecule has 2 aliphatic rings. The van der Waals surface area contributed by atoms with Gasteiger partial charge in [0.2, 0.25) is 5.76 Å². The Morgan fingerprint density at radius 3 is 2.88 bits per heavy atom. The van der Waals surface area contributed by atoms with Crippen LogP contribution in [0.5, 0.6) is 5.75 Å². The van der Waals surface area contributed by atoms with Crippen molar-refractivity contribution < 1.29 is 18.4 Å². The number of carbonyl (C=O) groups excluding carboxylic acids is 1. The fourth-order valence-corrected chi connectivity index (χ4v) is 4.06. The average molecular weight is 358 g/mol. The summed E-state index contributed by atoms with van der Waals surface area (Å²) in [5.74, 6) is 1.37. The van der Waals surface area contributed by atoms with Crippen LogP contribution in [0.2, 0.25) is 0 Å². The van der Waals surface area contributed by atoms with Crippen LogP contribution in [0.25, 0.3) is 0 Å². The predicted molar refractivity (Wildman–Crippen MR) is 93.5 cm³/mol. The maximum atomic E-state index is 13.4. The van der Waals surface area contributed by atoms with Gasteiger partial charge in [0.15, 0.2) is 0 Å². The van der Waals surface area contributed by atoms with E-state index in [1.54, 1.807) is 18.2 Å². The Morgan fingerprint density at radius 2 is 2.15 bits per heavy atom. The van der Waals surface area contributed by atoms with E-state index in [-0.39, 0.29) is 29.7 Å². The van der Waals surface area contributed by atoms with Crippen LogP contribution in [0.15, 0.2) is 34.9 Å². The molecule has 0 bridgehead atoms. The van der Waals surface area contributed by atoms with Gasteiger partial charge in [0, 0.05) is 31.1 Å². The van der Waals surface area contributed by atoms with Gasteiger partial charge in [0.25, 0.3) is 5.91 Å².